The van der Waals surface area contributed by atoms with Crippen LogP contribution in [-0.2, 0) is 0 Å². The third-order valence-corrected chi connectivity index (χ3v) is 3.69. The van der Waals surface area contributed by atoms with Crippen molar-refractivity contribution in [3.8, 4) is 0 Å². The van der Waals surface area contributed by atoms with Gasteiger partial charge in [-0.1, -0.05) is 42.5 Å². The van der Waals surface area contributed by atoms with Crippen LogP contribution in [0.25, 0.3) is 10.8 Å². The van der Waals surface area contributed by atoms with E-state index in [0.29, 0.717) is 0 Å². The van der Waals surface area contributed by atoms with Gasteiger partial charge >= 0.3 is 0 Å². The minimum atomic E-state index is -0.0604. The highest BCUT2D eigenvalue weighted by molar-refractivity contribution is 5.86. The van der Waals surface area contributed by atoms with Crippen molar-refractivity contribution in [2.75, 3.05) is 0 Å². The van der Waals surface area contributed by atoms with Gasteiger partial charge in [0.2, 0.25) is 0 Å². The molecular formula is C17H17N3. The molecule has 3 rings (SSSR count). The van der Waals surface area contributed by atoms with Gasteiger partial charge in [0.05, 0.1) is 6.04 Å². The molecule has 0 aliphatic heterocycles. The van der Waals surface area contributed by atoms with Crippen LogP contribution in [0.4, 0.5) is 0 Å². The lowest BCUT2D eigenvalue weighted by Gasteiger charge is -2.20. The number of hydrazine groups is 1. The molecule has 2 aromatic carbocycles. The Balaban J connectivity index is 2.20. The number of hydrogen-bond acceptors (Lipinski definition) is 3. The third-order valence-electron chi connectivity index (χ3n) is 3.69. The van der Waals surface area contributed by atoms with Crippen molar-refractivity contribution in [2.24, 2.45) is 5.84 Å². The van der Waals surface area contributed by atoms with E-state index in [1.165, 1.54) is 21.9 Å². The first-order valence-electron chi connectivity index (χ1n) is 6.65. The van der Waals surface area contributed by atoms with Gasteiger partial charge in [-0.3, -0.25) is 10.8 Å². The van der Waals surface area contributed by atoms with Crippen LogP contribution in [0, 0.1) is 6.92 Å². The van der Waals surface area contributed by atoms with E-state index in [-0.39, 0.29) is 6.04 Å². The summed E-state index contributed by atoms with van der Waals surface area (Å²) >= 11 is 0. The summed E-state index contributed by atoms with van der Waals surface area (Å²) in [6.45, 7) is 2.08. The summed E-state index contributed by atoms with van der Waals surface area (Å²) in [7, 11) is 0. The average molecular weight is 263 g/mol. The number of aryl methyl sites for hydroxylation is 1. The van der Waals surface area contributed by atoms with Crippen molar-refractivity contribution in [1.82, 2.24) is 10.4 Å². The first-order valence-corrected chi connectivity index (χ1v) is 6.65. The van der Waals surface area contributed by atoms with Crippen LogP contribution in [0.5, 0.6) is 0 Å². The Morgan fingerprint density at radius 1 is 1.00 bits per heavy atom. The second-order valence-corrected chi connectivity index (χ2v) is 4.90. The van der Waals surface area contributed by atoms with Crippen LogP contribution in [-0.4, -0.2) is 4.98 Å². The summed E-state index contributed by atoms with van der Waals surface area (Å²) in [4.78, 5) is 4.22. The molecule has 0 saturated carbocycles. The van der Waals surface area contributed by atoms with Crippen LogP contribution < -0.4 is 11.3 Å². The SMILES string of the molecule is Cc1ccncc1C(NN)c1cccc2ccccc12. The predicted octanol–water partition coefficient (Wildman–Crippen LogP) is 3.10. The van der Waals surface area contributed by atoms with Crippen LogP contribution in [0.15, 0.2) is 60.9 Å². The summed E-state index contributed by atoms with van der Waals surface area (Å²) in [5.41, 5.74) is 6.38. The van der Waals surface area contributed by atoms with E-state index < -0.39 is 0 Å². The number of hydrogen-bond donors (Lipinski definition) is 2. The quantitative estimate of drug-likeness (QED) is 0.564. The molecule has 1 aromatic heterocycles. The fourth-order valence-corrected chi connectivity index (χ4v) is 2.63. The predicted molar refractivity (Wildman–Crippen MR) is 82.1 cm³/mol. The Bertz CT molecular complexity index is 732. The second kappa shape index (κ2) is 5.41. The van der Waals surface area contributed by atoms with E-state index in [1.54, 1.807) is 6.20 Å². The number of pyridine rings is 1. The smallest absolute Gasteiger partial charge is 0.0733 e. The molecule has 0 amide bonds. The van der Waals surface area contributed by atoms with Crippen molar-refractivity contribution in [1.29, 1.82) is 0 Å². The molecule has 3 nitrogen and oxygen atoms in total. The Morgan fingerprint density at radius 2 is 1.80 bits per heavy atom. The highest BCUT2D eigenvalue weighted by Crippen LogP contribution is 2.29. The largest absolute Gasteiger partial charge is 0.271 e. The molecule has 1 unspecified atom stereocenters. The molecule has 0 radical (unpaired) electrons. The first-order chi connectivity index (χ1) is 9.81. The molecule has 0 aliphatic carbocycles. The summed E-state index contributed by atoms with van der Waals surface area (Å²) in [6, 6.07) is 16.6. The number of aromatic nitrogens is 1. The minimum Gasteiger partial charge on any atom is -0.271 e. The molecule has 0 bridgehead atoms. The summed E-state index contributed by atoms with van der Waals surface area (Å²) in [5, 5.41) is 2.42. The van der Waals surface area contributed by atoms with E-state index in [0.717, 1.165) is 5.56 Å². The number of nitrogens with zero attached hydrogens (tertiary/aromatic N) is 1. The van der Waals surface area contributed by atoms with E-state index in [9.17, 15) is 0 Å². The van der Waals surface area contributed by atoms with E-state index >= 15 is 0 Å². The number of rotatable bonds is 3. The monoisotopic (exact) mass is 263 g/mol. The normalized spacial score (nSPS) is 12.5. The van der Waals surface area contributed by atoms with Gasteiger partial charge < -0.3 is 0 Å². The van der Waals surface area contributed by atoms with Gasteiger partial charge in [-0.25, -0.2) is 5.43 Å². The van der Waals surface area contributed by atoms with Gasteiger partial charge in [-0.2, -0.15) is 0 Å². The molecule has 3 aromatic rings. The Labute approximate surface area is 118 Å². The maximum atomic E-state index is 5.82. The molecule has 0 spiro atoms. The van der Waals surface area contributed by atoms with Gasteiger partial charge in [0.25, 0.3) is 0 Å². The maximum Gasteiger partial charge on any atom is 0.0733 e. The van der Waals surface area contributed by atoms with E-state index in [2.05, 4.69) is 53.7 Å². The lowest BCUT2D eigenvalue weighted by atomic mass is 9.93. The van der Waals surface area contributed by atoms with Gasteiger partial charge in [-0.05, 0) is 40.5 Å². The molecule has 0 aliphatic rings. The van der Waals surface area contributed by atoms with Crippen molar-refractivity contribution in [3.05, 3.63) is 77.6 Å². The number of nitrogens with two attached hydrogens (primary N) is 1. The summed E-state index contributed by atoms with van der Waals surface area (Å²) < 4.78 is 0. The second-order valence-electron chi connectivity index (χ2n) is 4.90. The molecule has 1 atom stereocenters. The molecule has 100 valence electrons. The van der Waals surface area contributed by atoms with Crippen LogP contribution in [0.1, 0.15) is 22.7 Å². The third kappa shape index (κ3) is 2.18. The standard InChI is InChI=1S/C17H17N3/c1-12-9-10-19-11-16(12)17(20-18)15-8-4-6-13-5-2-3-7-14(13)15/h2-11,17,20H,18H2,1H3. The number of fused-ring (bicyclic) bond motifs is 1. The van der Waals surface area contributed by atoms with Crippen molar-refractivity contribution in [3.63, 3.8) is 0 Å². The van der Waals surface area contributed by atoms with Crippen molar-refractivity contribution in [2.45, 2.75) is 13.0 Å². The highest BCUT2D eigenvalue weighted by Gasteiger charge is 2.16. The van der Waals surface area contributed by atoms with Crippen molar-refractivity contribution >= 4 is 10.8 Å². The average Bonchev–Trinajstić information content (AvgIpc) is 2.50. The summed E-state index contributed by atoms with van der Waals surface area (Å²) in [6.07, 6.45) is 3.68. The zero-order chi connectivity index (χ0) is 13.9. The minimum absolute atomic E-state index is 0.0604. The molecule has 0 saturated heterocycles. The summed E-state index contributed by atoms with van der Waals surface area (Å²) in [5.74, 6) is 5.82. The van der Waals surface area contributed by atoms with E-state index in [4.69, 9.17) is 5.84 Å². The lowest BCUT2D eigenvalue weighted by molar-refractivity contribution is 0.635. The molecule has 0 fully saturated rings. The Kier molecular flexibility index (Phi) is 3.46. The molecule has 3 N–H and O–H groups in total. The van der Waals surface area contributed by atoms with Gasteiger partial charge in [0, 0.05) is 12.4 Å². The number of nitrogens with one attached hydrogen (secondary N) is 1. The number of benzene rings is 2. The van der Waals surface area contributed by atoms with Gasteiger partial charge in [-0.15, -0.1) is 0 Å². The fraction of sp³-hybridized carbons (Fsp3) is 0.118. The fourth-order valence-electron chi connectivity index (χ4n) is 2.63. The Morgan fingerprint density at radius 3 is 2.60 bits per heavy atom. The highest BCUT2D eigenvalue weighted by atomic mass is 15.2. The molecular weight excluding hydrogens is 246 g/mol. The first kappa shape index (κ1) is 12.8. The maximum absolute atomic E-state index is 5.82. The Hall–Kier alpha value is -2.23. The molecule has 1 heterocycles. The molecule has 20 heavy (non-hydrogen) atoms. The van der Waals surface area contributed by atoms with E-state index in [1.807, 2.05) is 18.3 Å². The molecule has 3 heteroatoms. The van der Waals surface area contributed by atoms with Crippen LogP contribution >= 0.6 is 0 Å². The van der Waals surface area contributed by atoms with Crippen LogP contribution in [0.2, 0.25) is 0 Å². The lowest BCUT2D eigenvalue weighted by Crippen LogP contribution is -2.29. The van der Waals surface area contributed by atoms with Gasteiger partial charge in [0.15, 0.2) is 0 Å². The van der Waals surface area contributed by atoms with Gasteiger partial charge in [0.1, 0.15) is 0 Å². The zero-order valence-electron chi connectivity index (χ0n) is 11.4. The van der Waals surface area contributed by atoms with Crippen LogP contribution in [0.3, 0.4) is 0 Å². The van der Waals surface area contributed by atoms with Crippen molar-refractivity contribution < 1.29 is 0 Å². The zero-order valence-corrected chi connectivity index (χ0v) is 11.4. The topological polar surface area (TPSA) is 50.9 Å².